The molecule has 0 saturated carbocycles. The van der Waals surface area contributed by atoms with Crippen LogP contribution in [0, 0.1) is 0 Å². The van der Waals surface area contributed by atoms with E-state index < -0.39 is 17.4 Å². The third-order valence-corrected chi connectivity index (χ3v) is 3.65. The van der Waals surface area contributed by atoms with Crippen molar-refractivity contribution in [2.24, 2.45) is 0 Å². The molecule has 1 aromatic carbocycles. The van der Waals surface area contributed by atoms with Gasteiger partial charge in [-0.2, -0.15) is 0 Å². The number of rotatable bonds is 9. The Morgan fingerprint density at radius 2 is 1.48 bits per heavy atom. The van der Waals surface area contributed by atoms with E-state index in [1.165, 1.54) is 0 Å². The second kappa shape index (κ2) is 10.2. The Hall–Kier alpha value is -0.580. The summed E-state index contributed by atoms with van der Waals surface area (Å²) in [5.74, 6) is -2.57. The zero-order valence-corrected chi connectivity index (χ0v) is 11.8. The van der Waals surface area contributed by atoms with Crippen LogP contribution in [0.3, 0.4) is 0 Å². The van der Waals surface area contributed by atoms with Crippen molar-refractivity contribution in [1.29, 1.82) is 0 Å². The van der Waals surface area contributed by atoms with E-state index in [2.05, 4.69) is 6.92 Å². The van der Waals surface area contributed by atoms with Crippen LogP contribution in [-0.2, 0) is 15.0 Å². The second-order valence-electron chi connectivity index (χ2n) is 5.05. The molecular formula is C16H24CaO4. The van der Waals surface area contributed by atoms with E-state index >= 15 is 0 Å². The number of aliphatic carboxylic acids is 2. The molecule has 0 spiro atoms. The monoisotopic (exact) mass is 320 g/mol. The molecule has 4 nitrogen and oxygen atoms in total. The zero-order chi connectivity index (χ0) is 15.0. The van der Waals surface area contributed by atoms with Gasteiger partial charge in [0, 0.05) is 0 Å². The van der Waals surface area contributed by atoms with E-state index in [0.717, 1.165) is 25.7 Å². The first-order valence-corrected chi connectivity index (χ1v) is 7.08. The summed E-state index contributed by atoms with van der Waals surface area (Å²) in [6, 6.07) is 8.25. The molecule has 0 aliphatic heterocycles. The van der Waals surface area contributed by atoms with Gasteiger partial charge in [0.1, 0.15) is 0 Å². The van der Waals surface area contributed by atoms with Crippen molar-refractivity contribution in [2.45, 2.75) is 50.9 Å². The molecule has 5 heteroatoms. The molecule has 0 radical (unpaired) electrons. The molecule has 0 unspecified atom stereocenters. The normalized spacial score (nSPS) is 10.7. The van der Waals surface area contributed by atoms with Gasteiger partial charge in [-0.1, -0.05) is 69.4 Å². The number of benzene rings is 1. The molecule has 0 saturated heterocycles. The van der Waals surface area contributed by atoms with E-state index in [4.69, 9.17) is 0 Å². The van der Waals surface area contributed by atoms with E-state index in [1.54, 1.807) is 30.3 Å². The fraction of sp³-hybridized carbons (Fsp3) is 0.500. The van der Waals surface area contributed by atoms with Crippen LogP contribution in [0.15, 0.2) is 30.3 Å². The average molecular weight is 320 g/mol. The Labute approximate surface area is 155 Å². The van der Waals surface area contributed by atoms with Crippen molar-refractivity contribution in [3.63, 3.8) is 0 Å². The van der Waals surface area contributed by atoms with Crippen LogP contribution in [-0.4, -0.2) is 59.9 Å². The summed E-state index contributed by atoms with van der Waals surface area (Å²) in [4.78, 5) is 23.2. The number of unbranched alkanes of at least 4 members (excludes halogenated alkanes) is 4. The number of carboxylic acids is 2. The van der Waals surface area contributed by atoms with Crippen molar-refractivity contribution in [3.8, 4) is 0 Å². The number of hydrogen-bond acceptors (Lipinski definition) is 2. The van der Waals surface area contributed by atoms with Crippen molar-refractivity contribution >= 4 is 49.7 Å². The Bertz CT molecular complexity index is 431. The standard InChI is InChI=1S/C16H22O4.Ca.2H/c1-2-3-4-5-9-12-16(14(17)18,15(19)20)13-10-7-6-8-11-13;;;/h6-8,10-11H,2-5,9,12H2,1H3,(H,17,18)(H,19,20);;;. The summed E-state index contributed by atoms with van der Waals surface area (Å²) in [6.07, 6.45) is 4.81. The fourth-order valence-electron chi connectivity index (χ4n) is 2.41. The summed E-state index contributed by atoms with van der Waals surface area (Å²) in [5.41, 5.74) is -1.48. The number of hydrogen-bond donors (Lipinski definition) is 2. The van der Waals surface area contributed by atoms with E-state index in [1.807, 2.05) is 0 Å². The molecule has 0 amide bonds. The van der Waals surface area contributed by atoms with Crippen LogP contribution in [0.4, 0.5) is 0 Å². The Morgan fingerprint density at radius 3 is 1.95 bits per heavy atom. The summed E-state index contributed by atoms with van der Waals surface area (Å²) in [7, 11) is 0. The SMILES string of the molecule is CCCCCCCC(C(=O)O)(C(=O)O)c1ccccc1.[CaH2]. The molecule has 0 aliphatic carbocycles. The Kier molecular flexibility index (Phi) is 9.92. The summed E-state index contributed by atoms with van der Waals surface area (Å²) >= 11 is 0. The average Bonchev–Trinajstić information content (AvgIpc) is 2.43. The molecule has 114 valence electrons. The molecule has 0 bridgehead atoms. The summed E-state index contributed by atoms with van der Waals surface area (Å²) in [5, 5.41) is 18.9. The van der Waals surface area contributed by atoms with E-state index in [9.17, 15) is 19.8 Å². The van der Waals surface area contributed by atoms with Crippen molar-refractivity contribution in [1.82, 2.24) is 0 Å². The molecule has 2 N–H and O–H groups in total. The maximum absolute atomic E-state index is 11.6. The van der Waals surface area contributed by atoms with Gasteiger partial charge in [-0.15, -0.1) is 0 Å². The number of carbonyl (C=O) groups is 2. The first-order chi connectivity index (χ1) is 9.55. The van der Waals surface area contributed by atoms with Gasteiger partial charge in [0.05, 0.1) is 0 Å². The first kappa shape index (κ1) is 20.4. The quantitative estimate of drug-likeness (QED) is 0.416. The maximum atomic E-state index is 11.6. The predicted molar refractivity (Wildman–Crippen MR) is 85.3 cm³/mol. The van der Waals surface area contributed by atoms with Crippen molar-refractivity contribution < 1.29 is 19.8 Å². The van der Waals surface area contributed by atoms with Crippen molar-refractivity contribution in [3.05, 3.63) is 35.9 Å². The molecule has 0 heterocycles. The zero-order valence-electron chi connectivity index (χ0n) is 11.8. The van der Waals surface area contributed by atoms with Gasteiger partial charge in [0.15, 0.2) is 5.41 Å². The molecule has 1 aromatic rings. The third kappa shape index (κ3) is 5.28. The van der Waals surface area contributed by atoms with Crippen LogP contribution in [0.1, 0.15) is 51.0 Å². The third-order valence-electron chi connectivity index (χ3n) is 3.65. The van der Waals surface area contributed by atoms with Gasteiger partial charge in [0.25, 0.3) is 0 Å². The van der Waals surface area contributed by atoms with Gasteiger partial charge in [-0.05, 0) is 12.0 Å². The minimum absolute atomic E-state index is 0. The summed E-state index contributed by atoms with van der Waals surface area (Å²) < 4.78 is 0. The first-order valence-electron chi connectivity index (χ1n) is 7.08. The minimum atomic E-state index is -1.83. The van der Waals surface area contributed by atoms with E-state index in [0.29, 0.717) is 12.0 Å². The van der Waals surface area contributed by atoms with Crippen LogP contribution in [0.5, 0.6) is 0 Å². The molecule has 0 atom stereocenters. The van der Waals surface area contributed by atoms with Crippen LogP contribution in [0.25, 0.3) is 0 Å². The van der Waals surface area contributed by atoms with Gasteiger partial charge < -0.3 is 10.2 Å². The Morgan fingerprint density at radius 1 is 0.952 bits per heavy atom. The molecule has 0 aliphatic rings. The predicted octanol–water partition coefficient (Wildman–Crippen LogP) is 2.54. The van der Waals surface area contributed by atoms with Gasteiger partial charge in [-0.3, -0.25) is 9.59 Å². The van der Waals surface area contributed by atoms with Crippen LogP contribution >= 0.6 is 0 Å². The molecule has 21 heavy (non-hydrogen) atoms. The Balaban J connectivity index is 0.00000400. The van der Waals surface area contributed by atoms with Crippen LogP contribution in [0.2, 0.25) is 0 Å². The molecule has 1 rings (SSSR count). The molecule has 0 aromatic heterocycles. The van der Waals surface area contributed by atoms with Crippen LogP contribution < -0.4 is 0 Å². The van der Waals surface area contributed by atoms with Gasteiger partial charge in [-0.25, -0.2) is 0 Å². The molecular weight excluding hydrogens is 296 g/mol. The number of carboxylic acid groups (broad SMARTS) is 2. The van der Waals surface area contributed by atoms with E-state index in [-0.39, 0.29) is 44.2 Å². The van der Waals surface area contributed by atoms with Gasteiger partial charge in [0.2, 0.25) is 0 Å². The second-order valence-corrected chi connectivity index (χ2v) is 5.05. The van der Waals surface area contributed by atoms with Gasteiger partial charge >= 0.3 is 49.7 Å². The molecule has 0 fully saturated rings. The van der Waals surface area contributed by atoms with Crippen molar-refractivity contribution in [2.75, 3.05) is 0 Å². The summed E-state index contributed by atoms with van der Waals surface area (Å²) in [6.45, 7) is 2.10. The fourth-order valence-corrected chi connectivity index (χ4v) is 2.41. The topological polar surface area (TPSA) is 74.6 Å².